The predicted molar refractivity (Wildman–Crippen MR) is 71.9 cm³/mol. The fourth-order valence-corrected chi connectivity index (χ4v) is 1.70. The molecule has 2 rings (SSSR count). The number of carbonyl (C=O) groups is 1. The van der Waals surface area contributed by atoms with Gasteiger partial charge in [0.05, 0.1) is 10.7 Å². The van der Waals surface area contributed by atoms with Crippen molar-refractivity contribution in [3.8, 4) is 5.75 Å². The van der Waals surface area contributed by atoms with Gasteiger partial charge in [-0.3, -0.25) is 4.79 Å². The van der Waals surface area contributed by atoms with Gasteiger partial charge >= 0.3 is 0 Å². The molecule has 0 saturated heterocycles. The second kappa shape index (κ2) is 6.34. The van der Waals surface area contributed by atoms with Crippen molar-refractivity contribution < 1.29 is 18.3 Å². The van der Waals surface area contributed by atoms with E-state index < -0.39 is 17.5 Å². The summed E-state index contributed by atoms with van der Waals surface area (Å²) < 4.78 is 30.8. The van der Waals surface area contributed by atoms with Crippen LogP contribution in [0.3, 0.4) is 0 Å². The third kappa shape index (κ3) is 3.93. The lowest BCUT2D eigenvalue weighted by Crippen LogP contribution is -2.20. The monoisotopic (exact) mass is 297 g/mol. The van der Waals surface area contributed by atoms with E-state index in [0.717, 1.165) is 12.1 Å². The Labute approximate surface area is 119 Å². The van der Waals surface area contributed by atoms with Crippen LogP contribution in [0.4, 0.5) is 14.5 Å². The van der Waals surface area contributed by atoms with Crippen LogP contribution in [0.1, 0.15) is 0 Å². The number of hydrogen-bond acceptors (Lipinski definition) is 2. The molecule has 0 saturated carbocycles. The highest BCUT2D eigenvalue weighted by atomic mass is 35.5. The molecule has 104 valence electrons. The maximum atomic E-state index is 12.9. The Hall–Kier alpha value is -2.14. The molecular weight excluding hydrogens is 288 g/mol. The summed E-state index contributed by atoms with van der Waals surface area (Å²) in [6.07, 6.45) is 0. The average Bonchev–Trinajstić information content (AvgIpc) is 2.40. The largest absolute Gasteiger partial charge is 0.484 e. The third-order valence-corrected chi connectivity index (χ3v) is 2.68. The van der Waals surface area contributed by atoms with Crippen molar-refractivity contribution in [1.82, 2.24) is 0 Å². The zero-order valence-corrected chi connectivity index (χ0v) is 11.0. The molecule has 0 fully saturated rings. The first kappa shape index (κ1) is 14.3. The molecule has 1 N–H and O–H groups in total. The van der Waals surface area contributed by atoms with E-state index >= 15 is 0 Å². The van der Waals surface area contributed by atoms with Crippen LogP contribution in [0, 0.1) is 11.6 Å². The molecule has 20 heavy (non-hydrogen) atoms. The Kier molecular flexibility index (Phi) is 4.53. The van der Waals surface area contributed by atoms with Crippen LogP contribution in [0.25, 0.3) is 0 Å². The SMILES string of the molecule is O=C(COc1cccc(F)c1)Nc1ccc(F)cc1Cl. The number of amides is 1. The van der Waals surface area contributed by atoms with Crippen molar-refractivity contribution in [2.75, 3.05) is 11.9 Å². The van der Waals surface area contributed by atoms with Gasteiger partial charge in [0.1, 0.15) is 17.4 Å². The Morgan fingerprint density at radius 3 is 2.60 bits per heavy atom. The van der Waals surface area contributed by atoms with Gasteiger partial charge in [-0.05, 0) is 30.3 Å². The Bertz CT molecular complexity index is 634. The van der Waals surface area contributed by atoms with E-state index in [0.29, 0.717) is 0 Å². The molecule has 0 atom stereocenters. The molecule has 2 aromatic carbocycles. The van der Waals surface area contributed by atoms with E-state index in [1.807, 2.05) is 0 Å². The highest BCUT2D eigenvalue weighted by molar-refractivity contribution is 6.33. The molecule has 0 aliphatic carbocycles. The van der Waals surface area contributed by atoms with Gasteiger partial charge in [0.2, 0.25) is 0 Å². The molecular formula is C14H10ClF2NO2. The number of rotatable bonds is 4. The van der Waals surface area contributed by atoms with E-state index in [1.165, 1.54) is 30.3 Å². The molecule has 0 aromatic heterocycles. The third-order valence-electron chi connectivity index (χ3n) is 2.37. The first-order chi connectivity index (χ1) is 9.54. The lowest BCUT2D eigenvalue weighted by Gasteiger charge is -2.08. The first-order valence-electron chi connectivity index (χ1n) is 5.68. The van der Waals surface area contributed by atoms with Crippen molar-refractivity contribution in [3.05, 3.63) is 59.1 Å². The summed E-state index contributed by atoms with van der Waals surface area (Å²) in [6, 6.07) is 9.04. The summed E-state index contributed by atoms with van der Waals surface area (Å²) in [5, 5.41) is 2.55. The molecule has 0 aliphatic rings. The Morgan fingerprint density at radius 2 is 1.90 bits per heavy atom. The van der Waals surface area contributed by atoms with Crippen molar-refractivity contribution >= 4 is 23.2 Å². The van der Waals surface area contributed by atoms with E-state index in [4.69, 9.17) is 16.3 Å². The second-order valence-electron chi connectivity index (χ2n) is 3.92. The molecule has 0 spiro atoms. The smallest absolute Gasteiger partial charge is 0.262 e. The zero-order chi connectivity index (χ0) is 14.5. The van der Waals surface area contributed by atoms with Crippen molar-refractivity contribution in [2.45, 2.75) is 0 Å². The van der Waals surface area contributed by atoms with Crippen molar-refractivity contribution in [3.63, 3.8) is 0 Å². The number of hydrogen-bond donors (Lipinski definition) is 1. The molecule has 2 aromatic rings. The van der Waals surface area contributed by atoms with Crippen LogP contribution < -0.4 is 10.1 Å². The van der Waals surface area contributed by atoms with Crippen LogP contribution in [0.2, 0.25) is 5.02 Å². The minimum Gasteiger partial charge on any atom is -0.484 e. The summed E-state index contributed by atoms with van der Waals surface area (Å²) >= 11 is 5.77. The number of halogens is 3. The lowest BCUT2D eigenvalue weighted by atomic mass is 10.3. The molecule has 1 amide bonds. The van der Waals surface area contributed by atoms with E-state index in [1.54, 1.807) is 0 Å². The maximum Gasteiger partial charge on any atom is 0.262 e. The average molecular weight is 298 g/mol. The standard InChI is InChI=1S/C14H10ClF2NO2/c15-12-7-10(17)4-5-13(12)18-14(19)8-20-11-3-1-2-9(16)6-11/h1-7H,8H2,(H,18,19). The molecule has 0 heterocycles. The van der Waals surface area contributed by atoms with Gasteiger partial charge in [-0.2, -0.15) is 0 Å². The predicted octanol–water partition coefficient (Wildman–Crippen LogP) is 3.64. The van der Waals surface area contributed by atoms with Crippen LogP contribution in [0.15, 0.2) is 42.5 Å². The normalized spacial score (nSPS) is 10.2. The Balaban J connectivity index is 1.92. The van der Waals surface area contributed by atoms with Crippen molar-refractivity contribution in [1.29, 1.82) is 0 Å². The van der Waals surface area contributed by atoms with Crippen LogP contribution in [-0.2, 0) is 4.79 Å². The summed E-state index contributed by atoms with van der Waals surface area (Å²) in [6.45, 7) is -0.308. The second-order valence-corrected chi connectivity index (χ2v) is 4.33. The topological polar surface area (TPSA) is 38.3 Å². The molecule has 0 radical (unpaired) electrons. The quantitative estimate of drug-likeness (QED) is 0.936. The summed E-state index contributed by atoms with van der Waals surface area (Å²) in [4.78, 5) is 11.6. The summed E-state index contributed by atoms with van der Waals surface area (Å²) in [7, 11) is 0. The fourth-order valence-electron chi connectivity index (χ4n) is 1.48. The summed E-state index contributed by atoms with van der Waals surface area (Å²) in [5.74, 6) is -1.19. The number of benzene rings is 2. The number of nitrogens with one attached hydrogen (secondary N) is 1. The number of carbonyl (C=O) groups excluding carboxylic acids is 1. The first-order valence-corrected chi connectivity index (χ1v) is 6.05. The number of anilines is 1. The lowest BCUT2D eigenvalue weighted by molar-refractivity contribution is -0.118. The molecule has 0 unspecified atom stereocenters. The molecule has 3 nitrogen and oxygen atoms in total. The van der Waals surface area contributed by atoms with Gasteiger partial charge in [-0.25, -0.2) is 8.78 Å². The van der Waals surface area contributed by atoms with Gasteiger partial charge in [0.15, 0.2) is 6.61 Å². The minimum absolute atomic E-state index is 0.0871. The van der Waals surface area contributed by atoms with E-state index in [-0.39, 0.29) is 23.1 Å². The fraction of sp³-hybridized carbons (Fsp3) is 0.0714. The highest BCUT2D eigenvalue weighted by Crippen LogP contribution is 2.22. The van der Waals surface area contributed by atoms with E-state index in [2.05, 4.69) is 5.32 Å². The molecule has 6 heteroatoms. The van der Waals surface area contributed by atoms with Crippen molar-refractivity contribution in [2.24, 2.45) is 0 Å². The van der Waals surface area contributed by atoms with Crippen LogP contribution >= 0.6 is 11.6 Å². The van der Waals surface area contributed by atoms with Gasteiger partial charge in [0.25, 0.3) is 5.91 Å². The number of ether oxygens (including phenoxy) is 1. The van der Waals surface area contributed by atoms with Gasteiger partial charge < -0.3 is 10.1 Å². The summed E-state index contributed by atoms with van der Waals surface area (Å²) in [5.41, 5.74) is 0.279. The minimum atomic E-state index is -0.496. The van der Waals surface area contributed by atoms with Gasteiger partial charge in [-0.15, -0.1) is 0 Å². The van der Waals surface area contributed by atoms with Crippen LogP contribution in [0.5, 0.6) is 5.75 Å². The van der Waals surface area contributed by atoms with Gasteiger partial charge in [0, 0.05) is 6.07 Å². The molecule has 0 aliphatic heterocycles. The highest BCUT2D eigenvalue weighted by Gasteiger charge is 2.08. The van der Waals surface area contributed by atoms with Crippen LogP contribution in [-0.4, -0.2) is 12.5 Å². The zero-order valence-electron chi connectivity index (χ0n) is 10.2. The Morgan fingerprint density at radius 1 is 1.15 bits per heavy atom. The van der Waals surface area contributed by atoms with Gasteiger partial charge in [-0.1, -0.05) is 17.7 Å². The van der Waals surface area contributed by atoms with E-state index in [9.17, 15) is 13.6 Å². The maximum absolute atomic E-state index is 12.9. The molecule has 0 bridgehead atoms.